The number of carboxylic acids is 1. The summed E-state index contributed by atoms with van der Waals surface area (Å²) in [6.45, 7) is 4.04. The highest BCUT2D eigenvalue weighted by atomic mass is 32.2. The molecule has 0 saturated carbocycles. The Kier molecular flexibility index (Phi) is 7.76. The molecule has 1 aliphatic rings. The van der Waals surface area contributed by atoms with Gasteiger partial charge in [-0.15, -0.1) is 0 Å². The first-order chi connectivity index (χ1) is 15.6. The summed E-state index contributed by atoms with van der Waals surface area (Å²) >= 11 is 0. The molecule has 0 spiro atoms. The number of nitrogens with one attached hydrogen (secondary N) is 1. The number of nitrogens with zero attached hydrogens (tertiary/aromatic N) is 1. The second-order valence-electron chi connectivity index (χ2n) is 8.77. The molecule has 1 fully saturated rings. The summed E-state index contributed by atoms with van der Waals surface area (Å²) < 4.78 is 27.8. The van der Waals surface area contributed by atoms with E-state index in [9.17, 15) is 28.2 Å². The lowest BCUT2D eigenvalue weighted by atomic mass is 9.99. The second-order valence-corrected chi connectivity index (χ2v) is 10.7. The van der Waals surface area contributed by atoms with Crippen LogP contribution >= 0.6 is 0 Å². The van der Waals surface area contributed by atoms with E-state index in [1.165, 1.54) is 24.3 Å². The molecule has 3 N–H and O–H groups in total. The maximum absolute atomic E-state index is 13.4. The van der Waals surface area contributed by atoms with Crippen molar-refractivity contribution in [3.05, 3.63) is 48.5 Å². The quantitative estimate of drug-likeness (QED) is 0.540. The predicted octanol–water partition coefficient (Wildman–Crippen LogP) is 3.22. The first kappa shape index (κ1) is 24.7. The van der Waals surface area contributed by atoms with Gasteiger partial charge in [-0.05, 0) is 60.6 Å². The number of carbonyl (C=O) groups excluding carboxylic acids is 1. The third-order valence-corrected chi connectivity index (χ3v) is 7.70. The monoisotopic (exact) mass is 474 g/mol. The first-order valence-corrected chi connectivity index (χ1v) is 12.5. The van der Waals surface area contributed by atoms with Gasteiger partial charge in [-0.1, -0.05) is 38.1 Å². The van der Waals surface area contributed by atoms with Crippen LogP contribution in [0.25, 0.3) is 11.1 Å². The number of hydrogen-bond acceptors (Lipinski definition) is 5. The zero-order chi connectivity index (χ0) is 24.2. The van der Waals surface area contributed by atoms with Gasteiger partial charge in [-0.3, -0.25) is 9.59 Å². The molecule has 1 aliphatic heterocycles. The van der Waals surface area contributed by atoms with E-state index in [-0.39, 0.29) is 35.6 Å². The Morgan fingerprint density at radius 2 is 1.82 bits per heavy atom. The lowest BCUT2D eigenvalue weighted by molar-refractivity contribution is -0.143. The van der Waals surface area contributed by atoms with E-state index in [0.717, 1.165) is 16.3 Å². The van der Waals surface area contributed by atoms with E-state index in [2.05, 4.69) is 5.32 Å². The molecule has 0 aromatic heterocycles. The molecule has 0 radical (unpaired) electrons. The van der Waals surface area contributed by atoms with Gasteiger partial charge in [0.2, 0.25) is 15.9 Å². The molecule has 33 heavy (non-hydrogen) atoms. The number of hydrogen-bond donors (Lipinski definition) is 3. The highest BCUT2D eigenvalue weighted by molar-refractivity contribution is 7.89. The molecule has 3 rings (SSSR count). The van der Waals surface area contributed by atoms with Gasteiger partial charge in [-0.2, -0.15) is 4.31 Å². The minimum atomic E-state index is -4.08. The number of phenols is 1. The Hall–Kier alpha value is -2.91. The van der Waals surface area contributed by atoms with Crippen LogP contribution in [0.3, 0.4) is 0 Å². The molecule has 0 aliphatic carbocycles. The molecule has 8 nitrogen and oxygen atoms in total. The fourth-order valence-electron chi connectivity index (χ4n) is 3.93. The van der Waals surface area contributed by atoms with Crippen molar-refractivity contribution in [1.82, 2.24) is 9.62 Å². The Balaban J connectivity index is 1.79. The number of amides is 1. The highest BCUT2D eigenvalue weighted by Crippen LogP contribution is 2.29. The topological polar surface area (TPSA) is 124 Å². The maximum atomic E-state index is 13.4. The van der Waals surface area contributed by atoms with Crippen molar-refractivity contribution in [2.45, 2.75) is 56.5 Å². The van der Waals surface area contributed by atoms with Crippen LogP contribution in [0.15, 0.2) is 53.4 Å². The number of rotatable bonds is 8. The molecule has 1 saturated heterocycles. The van der Waals surface area contributed by atoms with Crippen LogP contribution in [0.1, 0.15) is 39.5 Å². The van der Waals surface area contributed by atoms with E-state index in [1.807, 2.05) is 13.8 Å². The normalized spacial score (nSPS) is 19.4. The lowest BCUT2D eigenvalue weighted by Gasteiger charge is -2.36. The molecule has 178 valence electrons. The van der Waals surface area contributed by atoms with Crippen LogP contribution in [0, 0.1) is 5.92 Å². The van der Waals surface area contributed by atoms with Crippen molar-refractivity contribution in [2.75, 3.05) is 6.54 Å². The van der Waals surface area contributed by atoms with Gasteiger partial charge in [0.25, 0.3) is 0 Å². The molecule has 2 aromatic carbocycles. The first-order valence-electron chi connectivity index (χ1n) is 11.0. The van der Waals surface area contributed by atoms with Crippen molar-refractivity contribution >= 4 is 21.9 Å². The number of phenolic OH excluding ortho intramolecular Hbond substituents is 1. The van der Waals surface area contributed by atoms with E-state index < -0.39 is 22.0 Å². The molecule has 1 heterocycles. The van der Waals surface area contributed by atoms with Crippen molar-refractivity contribution < 1.29 is 28.2 Å². The Labute approximate surface area is 194 Å². The second kappa shape index (κ2) is 10.4. The Morgan fingerprint density at radius 3 is 2.45 bits per heavy atom. The Bertz CT molecular complexity index is 1100. The van der Waals surface area contributed by atoms with Crippen molar-refractivity contribution in [3.8, 4) is 16.9 Å². The summed E-state index contributed by atoms with van der Waals surface area (Å²) in [5.41, 5.74) is 1.36. The molecule has 2 atom stereocenters. The van der Waals surface area contributed by atoms with E-state index in [1.54, 1.807) is 24.3 Å². The summed E-state index contributed by atoms with van der Waals surface area (Å²) in [6.07, 6.45) is 1.45. The van der Waals surface area contributed by atoms with E-state index in [4.69, 9.17) is 0 Å². The Morgan fingerprint density at radius 1 is 1.12 bits per heavy atom. The molecule has 2 aromatic rings. The van der Waals surface area contributed by atoms with Crippen LogP contribution in [0.2, 0.25) is 0 Å². The van der Waals surface area contributed by atoms with Gasteiger partial charge in [0.05, 0.1) is 4.90 Å². The zero-order valence-corrected chi connectivity index (χ0v) is 19.6. The summed E-state index contributed by atoms with van der Waals surface area (Å²) in [5, 5.41) is 22.1. The number of benzene rings is 2. The smallest absolute Gasteiger partial charge is 0.322 e. The van der Waals surface area contributed by atoms with Crippen LogP contribution in [-0.2, 0) is 19.6 Å². The van der Waals surface area contributed by atoms with Crippen molar-refractivity contribution in [3.63, 3.8) is 0 Å². The van der Waals surface area contributed by atoms with Crippen molar-refractivity contribution in [2.24, 2.45) is 5.92 Å². The number of sulfonamides is 1. The van der Waals surface area contributed by atoms with Crippen LogP contribution in [0.4, 0.5) is 0 Å². The van der Waals surface area contributed by atoms with Gasteiger partial charge in [0.15, 0.2) is 0 Å². The lowest BCUT2D eigenvalue weighted by Crippen LogP contribution is -2.54. The van der Waals surface area contributed by atoms with Crippen molar-refractivity contribution in [1.29, 1.82) is 0 Å². The average molecular weight is 475 g/mol. The molecule has 1 amide bonds. The maximum Gasteiger partial charge on any atom is 0.322 e. The predicted molar refractivity (Wildman–Crippen MR) is 124 cm³/mol. The average Bonchev–Trinajstić information content (AvgIpc) is 2.78. The van der Waals surface area contributed by atoms with Gasteiger partial charge in [-0.25, -0.2) is 8.42 Å². The van der Waals surface area contributed by atoms with Gasteiger partial charge >= 0.3 is 5.97 Å². The molecular formula is C24H30N2O6S. The minimum absolute atomic E-state index is 0.00116. The van der Waals surface area contributed by atoms with Gasteiger partial charge in [0, 0.05) is 19.0 Å². The third kappa shape index (κ3) is 6.11. The molecule has 9 heteroatoms. The summed E-state index contributed by atoms with van der Waals surface area (Å²) in [6, 6.07) is 11.0. The molecule has 0 unspecified atom stereocenters. The van der Waals surface area contributed by atoms with Crippen LogP contribution in [-0.4, -0.2) is 53.4 Å². The summed E-state index contributed by atoms with van der Waals surface area (Å²) in [4.78, 5) is 24.1. The standard InChI is InChI=1S/C24H30N2O6S/c1-16(2)6-11-23(28)25-19-12-13-26(22(15-19)24(29)30)33(31,32)21-5-3-4-18(14-21)17-7-9-20(27)10-8-17/h3-5,7-10,14,16,19,22,27H,6,11-13,15H2,1-2H3,(H,25,28)(H,29,30)/t19-,22-/m1/s1. The van der Waals surface area contributed by atoms with Gasteiger partial charge in [0.1, 0.15) is 11.8 Å². The number of carbonyl (C=O) groups is 2. The number of carboxylic acid groups (broad SMARTS) is 1. The molecule has 0 bridgehead atoms. The number of aromatic hydroxyl groups is 1. The fourth-order valence-corrected chi connectivity index (χ4v) is 5.59. The number of piperidine rings is 1. The highest BCUT2D eigenvalue weighted by Gasteiger charge is 2.41. The third-order valence-electron chi connectivity index (χ3n) is 5.79. The van der Waals surface area contributed by atoms with Gasteiger partial charge < -0.3 is 15.5 Å². The molecular weight excluding hydrogens is 444 g/mol. The van der Waals surface area contributed by atoms with Crippen LogP contribution in [0.5, 0.6) is 5.75 Å². The van der Waals surface area contributed by atoms with E-state index >= 15 is 0 Å². The summed E-state index contributed by atoms with van der Waals surface area (Å²) in [5.74, 6) is -0.900. The summed E-state index contributed by atoms with van der Waals surface area (Å²) in [7, 11) is -4.08. The fraction of sp³-hybridized carbons (Fsp3) is 0.417. The largest absolute Gasteiger partial charge is 0.508 e. The van der Waals surface area contributed by atoms with Crippen LogP contribution < -0.4 is 5.32 Å². The SMILES string of the molecule is CC(C)CCC(=O)N[C@@H]1CCN(S(=O)(=O)c2cccc(-c3ccc(O)cc3)c2)[C@@H](C(=O)O)C1. The zero-order valence-electron chi connectivity index (χ0n) is 18.8. The minimum Gasteiger partial charge on any atom is -0.508 e. The van der Waals surface area contributed by atoms with E-state index in [0.29, 0.717) is 24.3 Å². The number of aliphatic carboxylic acids is 1.